The first-order chi connectivity index (χ1) is 10.6. The normalized spacial score (nSPS) is 21.2. The maximum Gasteiger partial charge on any atom is 0.245 e. The van der Waals surface area contributed by atoms with Crippen LogP contribution in [0.1, 0.15) is 25.3 Å². The van der Waals surface area contributed by atoms with Crippen molar-refractivity contribution < 1.29 is 14.0 Å². The fraction of sp³-hybridized carbons (Fsp3) is 0.412. The Morgan fingerprint density at radius 1 is 1.27 bits per heavy atom. The van der Waals surface area contributed by atoms with Crippen molar-refractivity contribution >= 4 is 17.4 Å². The van der Waals surface area contributed by atoms with Gasteiger partial charge in [0, 0.05) is 32.1 Å². The van der Waals surface area contributed by atoms with E-state index in [9.17, 15) is 14.0 Å². The molecule has 116 valence electrons. The second-order valence-electron chi connectivity index (χ2n) is 5.80. The summed E-state index contributed by atoms with van der Waals surface area (Å²) in [7, 11) is 0. The lowest BCUT2D eigenvalue weighted by molar-refractivity contribution is -0.141. The summed E-state index contributed by atoms with van der Waals surface area (Å²) in [6.45, 7) is 3.03. The van der Waals surface area contributed by atoms with E-state index in [-0.39, 0.29) is 23.7 Å². The van der Waals surface area contributed by atoms with Crippen molar-refractivity contribution in [1.29, 1.82) is 0 Å². The van der Waals surface area contributed by atoms with Gasteiger partial charge in [0.15, 0.2) is 0 Å². The van der Waals surface area contributed by atoms with Gasteiger partial charge in [-0.25, -0.2) is 4.39 Å². The number of benzene rings is 1. The van der Waals surface area contributed by atoms with E-state index in [1.54, 1.807) is 28.0 Å². The van der Waals surface area contributed by atoms with Gasteiger partial charge in [0.05, 0.1) is 0 Å². The van der Waals surface area contributed by atoms with Gasteiger partial charge in [0.2, 0.25) is 11.8 Å². The lowest BCUT2D eigenvalue weighted by atomic mass is 10.1. The van der Waals surface area contributed by atoms with Crippen LogP contribution in [0.15, 0.2) is 30.3 Å². The van der Waals surface area contributed by atoms with E-state index in [0.29, 0.717) is 31.6 Å². The Bertz CT molecular complexity index is 641. The van der Waals surface area contributed by atoms with Crippen LogP contribution in [0.4, 0.5) is 4.39 Å². The predicted molar refractivity (Wildman–Crippen MR) is 81.4 cm³/mol. The zero-order chi connectivity index (χ0) is 15.7. The number of amides is 2. The standard InChI is InChI=1S/C17H19FN2O2/c1-12(21)20-9-4-7-16(20)17(22)19-10-8-13(11-19)14-5-2-3-6-15(14)18/h2-3,5-6,8,16H,4,7,9-11H2,1H3/t16-/m1/s1. The molecule has 2 aliphatic heterocycles. The second-order valence-corrected chi connectivity index (χ2v) is 5.80. The van der Waals surface area contributed by atoms with Crippen LogP contribution in [-0.4, -0.2) is 47.3 Å². The van der Waals surface area contributed by atoms with Crippen molar-refractivity contribution in [3.8, 4) is 0 Å². The van der Waals surface area contributed by atoms with Crippen molar-refractivity contribution in [2.75, 3.05) is 19.6 Å². The lowest BCUT2D eigenvalue weighted by Crippen LogP contribution is -2.46. The summed E-state index contributed by atoms with van der Waals surface area (Å²) in [4.78, 5) is 27.6. The number of rotatable bonds is 2. The highest BCUT2D eigenvalue weighted by atomic mass is 19.1. The predicted octanol–water partition coefficient (Wildman–Crippen LogP) is 2.06. The highest BCUT2D eigenvalue weighted by molar-refractivity contribution is 5.89. The minimum Gasteiger partial charge on any atom is -0.333 e. The van der Waals surface area contributed by atoms with Crippen LogP contribution in [0.5, 0.6) is 0 Å². The first kappa shape index (κ1) is 14.8. The molecule has 0 radical (unpaired) electrons. The Labute approximate surface area is 129 Å². The number of nitrogens with zero attached hydrogens (tertiary/aromatic N) is 2. The van der Waals surface area contributed by atoms with Gasteiger partial charge in [-0.05, 0) is 24.5 Å². The third-order valence-corrected chi connectivity index (χ3v) is 4.39. The molecule has 0 aliphatic carbocycles. The molecule has 0 unspecified atom stereocenters. The number of carbonyl (C=O) groups excluding carboxylic acids is 2. The minimum absolute atomic E-state index is 0.0321. The number of hydrogen-bond acceptors (Lipinski definition) is 2. The van der Waals surface area contributed by atoms with Crippen LogP contribution in [0.2, 0.25) is 0 Å². The van der Waals surface area contributed by atoms with E-state index in [0.717, 1.165) is 12.0 Å². The van der Waals surface area contributed by atoms with Crippen LogP contribution in [-0.2, 0) is 9.59 Å². The van der Waals surface area contributed by atoms with Crippen LogP contribution < -0.4 is 0 Å². The largest absolute Gasteiger partial charge is 0.333 e. The zero-order valence-corrected chi connectivity index (χ0v) is 12.6. The third kappa shape index (κ3) is 2.63. The molecule has 4 nitrogen and oxygen atoms in total. The van der Waals surface area contributed by atoms with Crippen LogP contribution in [0.25, 0.3) is 5.57 Å². The molecule has 1 saturated heterocycles. The summed E-state index contributed by atoms with van der Waals surface area (Å²) >= 11 is 0. The molecule has 0 bridgehead atoms. The highest BCUT2D eigenvalue weighted by Crippen LogP contribution is 2.26. The van der Waals surface area contributed by atoms with E-state index in [4.69, 9.17) is 0 Å². The molecule has 2 amide bonds. The topological polar surface area (TPSA) is 40.6 Å². The fourth-order valence-electron chi connectivity index (χ4n) is 3.25. The molecule has 1 aromatic carbocycles. The fourth-order valence-corrected chi connectivity index (χ4v) is 3.25. The third-order valence-electron chi connectivity index (χ3n) is 4.39. The molecule has 0 N–H and O–H groups in total. The van der Waals surface area contributed by atoms with E-state index >= 15 is 0 Å². The lowest BCUT2D eigenvalue weighted by Gasteiger charge is -2.27. The molecule has 22 heavy (non-hydrogen) atoms. The second kappa shape index (κ2) is 5.91. The average Bonchev–Trinajstić information content (AvgIpc) is 3.16. The quantitative estimate of drug-likeness (QED) is 0.839. The molecule has 1 fully saturated rings. The van der Waals surface area contributed by atoms with Gasteiger partial charge in [0.25, 0.3) is 0 Å². The molecule has 3 rings (SSSR count). The minimum atomic E-state index is -0.356. The van der Waals surface area contributed by atoms with Crippen LogP contribution >= 0.6 is 0 Å². The van der Waals surface area contributed by atoms with E-state index in [2.05, 4.69) is 0 Å². The monoisotopic (exact) mass is 302 g/mol. The Kier molecular flexibility index (Phi) is 3.96. The maximum absolute atomic E-state index is 13.8. The Balaban J connectivity index is 1.70. The number of carbonyl (C=O) groups is 2. The average molecular weight is 302 g/mol. The first-order valence-electron chi connectivity index (χ1n) is 7.58. The molecule has 5 heteroatoms. The Morgan fingerprint density at radius 2 is 2.05 bits per heavy atom. The van der Waals surface area contributed by atoms with E-state index < -0.39 is 0 Å². The van der Waals surface area contributed by atoms with Crippen LogP contribution in [0, 0.1) is 5.82 Å². The molecule has 2 heterocycles. The SMILES string of the molecule is CC(=O)N1CCC[C@@H]1C(=O)N1CC=C(c2ccccc2F)C1. The molecule has 0 saturated carbocycles. The van der Waals surface area contributed by atoms with Crippen molar-refractivity contribution in [1.82, 2.24) is 9.80 Å². The van der Waals surface area contributed by atoms with Gasteiger partial charge >= 0.3 is 0 Å². The Hall–Kier alpha value is -2.17. The van der Waals surface area contributed by atoms with Gasteiger partial charge in [-0.15, -0.1) is 0 Å². The molecule has 1 atom stereocenters. The van der Waals surface area contributed by atoms with Crippen molar-refractivity contribution in [3.05, 3.63) is 41.7 Å². The summed E-state index contributed by atoms with van der Waals surface area (Å²) in [5.41, 5.74) is 1.38. The molecule has 0 spiro atoms. The number of halogens is 1. The first-order valence-corrected chi connectivity index (χ1v) is 7.58. The molecule has 1 aromatic rings. The maximum atomic E-state index is 13.8. The zero-order valence-electron chi connectivity index (χ0n) is 12.6. The number of hydrogen-bond donors (Lipinski definition) is 0. The smallest absolute Gasteiger partial charge is 0.245 e. The number of likely N-dealkylation sites (tertiary alicyclic amines) is 1. The summed E-state index contributed by atoms with van der Waals surface area (Å²) in [5.74, 6) is -0.359. The van der Waals surface area contributed by atoms with Gasteiger partial charge in [0.1, 0.15) is 11.9 Å². The molecule has 0 aromatic heterocycles. The van der Waals surface area contributed by atoms with Gasteiger partial charge < -0.3 is 9.80 Å². The van der Waals surface area contributed by atoms with Crippen molar-refractivity contribution in [2.45, 2.75) is 25.8 Å². The van der Waals surface area contributed by atoms with Crippen LogP contribution in [0.3, 0.4) is 0 Å². The summed E-state index contributed by atoms with van der Waals surface area (Å²) in [6, 6.07) is 6.24. The summed E-state index contributed by atoms with van der Waals surface area (Å²) in [5, 5.41) is 0. The van der Waals surface area contributed by atoms with Gasteiger partial charge in [-0.3, -0.25) is 9.59 Å². The molecular weight excluding hydrogens is 283 g/mol. The van der Waals surface area contributed by atoms with Gasteiger partial charge in [-0.2, -0.15) is 0 Å². The van der Waals surface area contributed by atoms with E-state index in [1.807, 2.05) is 6.08 Å². The molecule has 2 aliphatic rings. The molecular formula is C17H19FN2O2. The highest BCUT2D eigenvalue weighted by Gasteiger charge is 2.36. The Morgan fingerprint density at radius 3 is 2.77 bits per heavy atom. The summed E-state index contributed by atoms with van der Waals surface area (Å²) < 4.78 is 13.8. The van der Waals surface area contributed by atoms with Crippen molar-refractivity contribution in [2.24, 2.45) is 0 Å². The summed E-state index contributed by atoms with van der Waals surface area (Å²) in [6.07, 6.45) is 3.46. The van der Waals surface area contributed by atoms with Crippen molar-refractivity contribution in [3.63, 3.8) is 0 Å². The van der Waals surface area contributed by atoms with E-state index in [1.165, 1.54) is 13.0 Å². The van der Waals surface area contributed by atoms with Gasteiger partial charge in [-0.1, -0.05) is 24.3 Å².